The van der Waals surface area contributed by atoms with Crippen molar-refractivity contribution in [3.8, 4) is 5.75 Å². The van der Waals surface area contributed by atoms with E-state index in [1.807, 2.05) is 0 Å². The topological polar surface area (TPSA) is 58.6 Å². The number of phenolic OH excluding ortho intramolecular Hbond substituents is 1. The third-order valence-corrected chi connectivity index (χ3v) is 1.56. The van der Waals surface area contributed by atoms with Crippen LogP contribution >= 0.6 is 0 Å². The van der Waals surface area contributed by atoms with Crippen LogP contribution in [0.2, 0.25) is 0 Å². The second-order valence-electron chi connectivity index (χ2n) is 2.52. The average molecular weight is 193 g/mol. The van der Waals surface area contributed by atoms with Gasteiger partial charge in [0, 0.05) is 12.3 Å². The summed E-state index contributed by atoms with van der Waals surface area (Å²) in [5.41, 5.74) is 0.535. The predicted molar refractivity (Wildman–Crippen MR) is 52.9 cm³/mol. The Bertz CT molecular complexity index is 347. The number of carbonyl (C=O) groups excluding carboxylic acids is 1. The van der Waals surface area contributed by atoms with Crippen LogP contribution in [0.5, 0.6) is 5.75 Å². The third-order valence-electron chi connectivity index (χ3n) is 1.56. The fourth-order valence-corrected chi connectivity index (χ4v) is 0.863. The number of aromatic hydroxyl groups is 1. The number of hydrogen-bond donors (Lipinski definition) is 2. The van der Waals surface area contributed by atoms with Crippen molar-refractivity contribution in [3.63, 3.8) is 0 Å². The summed E-state index contributed by atoms with van der Waals surface area (Å²) in [5.74, 6) is -0.324. The molecule has 4 heteroatoms. The Morgan fingerprint density at radius 2 is 2.21 bits per heavy atom. The Balaban J connectivity index is 2.58. The van der Waals surface area contributed by atoms with Gasteiger partial charge >= 0.3 is 5.97 Å². The van der Waals surface area contributed by atoms with Crippen molar-refractivity contribution in [1.82, 2.24) is 0 Å². The molecule has 0 heterocycles. The standard InChI is InChI=1S/C10H11NO3/c1-14-10(13)6-7-11-8-4-2-3-5-9(8)12/h2-7,11-12H,1H3/b7-6+. The van der Waals surface area contributed by atoms with Gasteiger partial charge < -0.3 is 15.2 Å². The number of rotatable bonds is 3. The van der Waals surface area contributed by atoms with Crippen LogP contribution < -0.4 is 5.32 Å². The minimum absolute atomic E-state index is 0.127. The summed E-state index contributed by atoms with van der Waals surface area (Å²) in [6.07, 6.45) is 2.63. The molecular formula is C10H11NO3. The lowest BCUT2D eigenvalue weighted by atomic mass is 10.3. The first kappa shape index (κ1) is 10.1. The molecule has 0 atom stereocenters. The lowest BCUT2D eigenvalue weighted by Gasteiger charge is -2.02. The quantitative estimate of drug-likeness (QED) is 0.434. The summed E-state index contributed by atoms with van der Waals surface area (Å²) < 4.78 is 4.39. The number of nitrogens with one attached hydrogen (secondary N) is 1. The molecule has 0 aliphatic heterocycles. The second kappa shape index (κ2) is 4.91. The van der Waals surface area contributed by atoms with Crippen molar-refractivity contribution in [1.29, 1.82) is 0 Å². The Morgan fingerprint density at radius 3 is 2.86 bits per heavy atom. The lowest BCUT2D eigenvalue weighted by Crippen LogP contribution is -1.96. The van der Waals surface area contributed by atoms with Gasteiger partial charge in [-0.25, -0.2) is 4.79 Å². The van der Waals surface area contributed by atoms with Gasteiger partial charge in [0.1, 0.15) is 5.75 Å². The van der Waals surface area contributed by atoms with E-state index in [1.54, 1.807) is 24.3 Å². The van der Waals surface area contributed by atoms with Crippen molar-refractivity contribution in [2.45, 2.75) is 0 Å². The molecule has 0 amide bonds. The molecule has 2 N–H and O–H groups in total. The zero-order valence-electron chi connectivity index (χ0n) is 7.73. The predicted octanol–water partition coefficient (Wildman–Crippen LogP) is 1.49. The van der Waals surface area contributed by atoms with Crippen LogP contribution in [0.4, 0.5) is 5.69 Å². The molecule has 74 valence electrons. The Labute approximate surface area is 81.8 Å². The van der Waals surface area contributed by atoms with Crippen LogP contribution in [0.1, 0.15) is 0 Å². The number of methoxy groups -OCH3 is 1. The van der Waals surface area contributed by atoms with Gasteiger partial charge in [0.25, 0.3) is 0 Å². The number of phenols is 1. The van der Waals surface area contributed by atoms with Crippen molar-refractivity contribution < 1.29 is 14.6 Å². The van der Waals surface area contributed by atoms with Crippen molar-refractivity contribution >= 4 is 11.7 Å². The van der Waals surface area contributed by atoms with Crippen molar-refractivity contribution in [2.75, 3.05) is 12.4 Å². The molecule has 1 aromatic rings. The van der Waals surface area contributed by atoms with Gasteiger partial charge in [0.15, 0.2) is 0 Å². The van der Waals surface area contributed by atoms with Gasteiger partial charge in [-0.05, 0) is 12.1 Å². The van der Waals surface area contributed by atoms with Crippen LogP contribution in [-0.4, -0.2) is 18.2 Å². The van der Waals surface area contributed by atoms with Crippen molar-refractivity contribution in [3.05, 3.63) is 36.5 Å². The highest BCUT2D eigenvalue weighted by Gasteiger charge is 1.95. The van der Waals surface area contributed by atoms with Crippen LogP contribution in [0.3, 0.4) is 0 Å². The number of benzene rings is 1. The van der Waals surface area contributed by atoms with E-state index >= 15 is 0 Å². The molecule has 0 aliphatic carbocycles. The van der Waals surface area contributed by atoms with E-state index in [9.17, 15) is 9.90 Å². The monoisotopic (exact) mass is 193 g/mol. The number of para-hydroxylation sites is 2. The summed E-state index contributed by atoms with van der Waals surface area (Å²) in [4.78, 5) is 10.7. The molecule has 1 aromatic carbocycles. The number of ether oxygens (including phenoxy) is 1. The van der Waals surface area contributed by atoms with Gasteiger partial charge in [-0.2, -0.15) is 0 Å². The molecule has 0 saturated carbocycles. The van der Waals surface area contributed by atoms with Gasteiger partial charge in [0.05, 0.1) is 12.8 Å². The molecule has 0 bridgehead atoms. The fourth-order valence-electron chi connectivity index (χ4n) is 0.863. The smallest absolute Gasteiger partial charge is 0.331 e. The average Bonchev–Trinajstić information content (AvgIpc) is 2.20. The van der Waals surface area contributed by atoms with Crippen LogP contribution in [0, 0.1) is 0 Å². The van der Waals surface area contributed by atoms with E-state index in [2.05, 4.69) is 10.1 Å². The Morgan fingerprint density at radius 1 is 1.50 bits per heavy atom. The van der Waals surface area contributed by atoms with Crippen molar-refractivity contribution in [2.24, 2.45) is 0 Å². The number of carbonyl (C=O) groups is 1. The lowest BCUT2D eigenvalue weighted by molar-refractivity contribution is -0.134. The summed E-state index contributed by atoms with van der Waals surface area (Å²) in [6.45, 7) is 0. The number of hydrogen-bond acceptors (Lipinski definition) is 4. The first-order valence-electron chi connectivity index (χ1n) is 4.03. The van der Waals surface area contributed by atoms with E-state index in [1.165, 1.54) is 19.4 Å². The maximum Gasteiger partial charge on any atom is 0.331 e. The fraction of sp³-hybridized carbons (Fsp3) is 0.100. The van der Waals surface area contributed by atoms with E-state index in [-0.39, 0.29) is 5.75 Å². The van der Waals surface area contributed by atoms with E-state index in [0.717, 1.165) is 0 Å². The molecule has 0 unspecified atom stereocenters. The zero-order valence-corrected chi connectivity index (χ0v) is 7.73. The van der Waals surface area contributed by atoms with E-state index in [4.69, 9.17) is 0 Å². The Hall–Kier alpha value is -1.97. The highest BCUT2D eigenvalue weighted by atomic mass is 16.5. The molecule has 14 heavy (non-hydrogen) atoms. The summed E-state index contributed by atoms with van der Waals surface area (Å²) >= 11 is 0. The second-order valence-corrected chi connectivity index (χ2v) is 2.52. The molecule has 0 radical (unpaired) electrons. The Kier molecular flexibility index (Phi) is 3.55. The number of anilines is 1. The summed E-state index contributed by atoms with van der Waals surface area (Å²) in [5, 5.41) is 12.1. The van der Waals surface area contributed by atoms with E-state index in [0.29, 0.717) is 5.69 Å². The van der Waals surface area contributed by atoms with Gasteiger partial charge in [-0.1, -0.05) is 12.1 Å². The minimum atomic E-state index is -0.451. The molecule has 0 saturated heterocycles. The third kappa shape index (κ3) is 2.82. The largest absolute Gasteiger partial charge is 0.506 e. The highest BCUT2D eigenvalue weighted by Crippen LogP contribution is 2.21. The zero-order chi connectivity index (χ0) is 10.4. The van der Waals surface area contributed by atoms with Crippen LogP contribution in [0.25, 0.3) is 0 Å². The van der Waals surface area contributed by atoms with Gasteiger partial charge in [-0.3, -0.25) is 0 Å². The first-order chi connectivity index (χ1) is 6.74. The van der Waals surface area contributed by atoms with Crippen LogP contribution in [-0.2, 0) is 9.53 Å². The first-order valence-corrected chi connectivity index (χ1v) is 4.03. The minimum Gasteiger partial charge on any atom is -0.506 e. The maximum atomic E-state index is 10.7. The van der Waals surface area contributed by atoms with Crippen LogP contribution in [0.15, 0.2) is 36.5 Å². The summed E-state index contributed by atoms with van der Waals surface area (Å²) in [6, 6.07) is 6.73. The molecule has 4 nitrogen and oxygen atoms in total. The highest BCUT2D eigenvalue weighted by molar-refractivity contribution is 5.82. The molecule has 1 rings (SSSR count). The SMILES string of the molecule is COC(=O)/C=C/Nc1ccccc1O. The molecule has 0 aromatic heterocycles. The molecule has 0 aliphatic rings. The van der Waals surface area contributed by atoms with E-state index < -0.39 is 5.97 Å². The normalized spacial score (nSPS) is 10.1. The molecule has 0 fully saturated rings. The maximum absolute atomic E-state index is 10.7. The molecular weight excluding hydrogens is 182 g/mol. The van der Waals surface area contributed by atoms with Gasteiger partial charge in [0.2, 0.25) is 0 Å². The summed E-state index contributed by atoms with van der Waals surface area (Å²) in [7, 11) is 1.30. The number of esters is 1. The molecule has 0 spiro atoms. The van der Waals surface area contributed by atoms with Gasteiger partial charge in [-0.15, -0.1) is 0 Å².